The fourth-order valence-corrected chi connectivity index (χ4v) is 4.68. The van der Waals surface area contributed by atoms with E-state index in [9.17, 15) is 18.4 Å². The number of hydrazone groups is 1. The summed E-state index contributed by atoms with van der Waals surface area (Å²) in [6.07, 6.45) is 2.89. The van der Waals surface area contributed by atoms with Crippen LogP contribution in [0.25, 0.3) is 10.2 Å². The Morgan fingerprint density at radius 3 is 2.45 bits per heavy atom. The Morgan fingerprint density at radius 1 is 1.31 bits per heavy atom. The molecule has 1 unspecified atom stereocenters. The lowest BCUT2D eigenvalue weighted by Crippen LogP contribution is -2.44. The molecule has 1 N–H and O–H groups in total. The monoisotopic (exact) mass is 424 g/mol. The maximum atomic E-state index is 13.6. The van der Waals surface area contributed by atoms with Crippen LogP contribution in [0.1, 0.15) is 57.4 Å². The molecule has 2 heterocycles. The Balaban J connectivity index is 1.89. The number of halogens is 2. The van der Waals surface area contributed by atoms with Crippen LogP contribution in [0.3, 0.4) is 0 Å². The molecule has 4 rings (SSSR count). The van der Waals surface area contributed by atoms with Gasteiger partial charge in [-0.15, -0.1) is 11.3 Å². The fourth-order valence-electron chi connectivity index (χ4n) is 3.50. The molecule has 0 aromatic carbocycles. The average Bonchev–Trinajstić information content (AvgIpc) is 3.42. The molecular weight excluding hydrogens is 398 g/mol. The lowest BCUT2D eigenvalue weighted by molar-refractivity contribution is 0.0950. The van der Waals surface area contributed by atoms with Gasteiger partial charge in [0, 0.05) is 24.4 Å². The summed E-state index contributed by atoms with van der Waals surface area (Å²) in [6, 6.07) is 0. The zero-order chi connectivity index (χ0) is 21.4. The van der Waals surface area contributed by atoms with Crippen molar-refractivity contribution in [1.82, 2.24) is 14.6 Å². The summed E-state index contributed by atoms with van der Waals surface area (Å²) in [5.74, 6) is -3.59. The number of alkyl halides is 2. The van der Waals surface area contributed by atoms with Gasteiger partial charge >= 0.3 is 5.69 Å². The van der Waals surface area contributed by atoms with Crippen LogP contribution in [0.15, 0.2) is 14.7 Å². The quantitative estimate of drug-likeness (QED) is 0.591. The van der Waals surface area contributed by atoms with Crippen LogP contribution in [0.4, 0.5) is 8.78 Å². The summed E-state index contributed by atoms with van der Waals surface area (Å²) in [6.45, 7) is 9.54. The molecule has 6 nitrogen and oxygen atoms in total. The smallest absolute Gasteiger partial charge is 0.305 e. The zero-order valence-electron chi connectivity index (χ0n) is 17.3. The number of fused-ring (bicyclic) bond motifs is 1. The van der Waals surface area contributed by atoms with Gasteiger partial charge < -0.3 is 5.43 Å². The first-order chi connectivity index (χ1) is 13.3. The van der Waals surface area contributed by atoms with Gasteiger partial charge in [0.1, 0.15) is 4.83 Å². The van der Waals surface area contributed by atoms with Crippen LogP contribution in [0, 0.1) is 12.8 Å². The van der Waals surface area contributed by atoms with Crippen LogP contribution in [-0.2, 0) is 12.1 Å². The molecule has 0 radical (unpaired) electrons. The summed E-state index contributed by atoms with van der Waals surface area (Å²) >= 11 is 1.25. The summed E-state index contributed by atoms with van der Waals surface area (Å²) in [7, 11) is 0. The molecule has 0 aliphatic heterocycles. The number of hydrogen-bond donors (Lipinski definition) is 1. The van der Waals surface area contributed by atoms with Crippen molar-refractivity contribution in [1.29, 1.82) is 0 Å². The molecule has 1 atom stereocenters. The second-order valence-electron chi connectivity index (χ2n) is 9.58. The van der Waals surface area contributed by atoms with E-state index in [1.54, 1.807) is 6.21 Å². The highest BCUT2D eigenvalue weighted by atomic mass is 32.1. The van der Waals surface area contributed by atoms with Crippen molar-refractivity contribution in [3.05, 3.63) is 31.3 Å². The lowest BCUT2D eigenvalue weighted by Gasteiger charge is -2.16. The predicted molar refractivity (Wildman–Crippen MR) is 112 cm³/mol. The first-order valence-corrected chi connectivity index (χ1v) is 10.6. The number of rotatable bonds is 5. The Bertz CT molecular complexity index is 1130. The minimum Gasteiger partial charge on any atom is -0.305 e. The topological polar surface area (TPSA) is 68.4 Å². The van der Waals surface area contributed by atoms with Crippen molar-refractivity contribution < 1.29 is 8.78 Å². The van der Waals surface area contributed by atoms with Crippen molar-refractivity contribution in [3.8, 4) is 0 Å². The molecule has 0 amide bonds. The van der Waals surface area contributed by atoms with Gasteiger partial charge in [0.15, 0.2) is 0 Å². The van der Waals surface area contributed by atoms with E-state index in [1.165, 1.54) is 20.5 Å². The number of thiophene rings is 1. The maximum absolute atomic E-state index is 13.6. The van der Waals surface area contributed by atoms with E-state index >= 15 is 0 Å². The van der Waals surface area contributed by atoms with Gasteiger partial charge in [-0.05, 0) is 53.0 Å². The first kappa shape index (κ1) is 20.3. The van der Waals surface area contributed by atoms with Crippen LogP contribution < -0.4 is 16.7 Å². The minimum atomic E-state index is -2.73. The lowest BCUT2D eigenvalue weighted by atomic mass is 10.1. The van der Waals surface area contributed by atoms with E-state index in [-0.39, 0.29) is 24.1 Å². The molecule has 29 heavy (non-hydrogen) atoms. The van der Waals surface area contributed by atoms with Gasteiger partial charge in [-0.2, -0.15) is 5.10 Å². The largest absolute Gasteiger partial charge is 0.332 e. The van der Waals surface area contributed by atoms with Crippen LogP contribution in [0.2, 0.25) is 0 Å². The number of nitrogens with zero attached hydrogens (tertiary/aromatic N) is 3. The SMILES string of the molecule is Cc1c(C=NNC(C)(C)C)sc2c1c(=O)n(C1(C)CC1)c(=O)n2CC1CC1(F)F. The second kappa shape index (κ2) is 6.23. The Morgan fingerprint density at radius 2 is 1.93 bits per heavy atom. The summed E-state index contributed by atoms with van der Waals surface area (Å²) in [5.41, 5.74) is 2.18. The van der Waals surface area contributed by atoms with Crippen molar-refractivity contribution in [2.45, 2.75) is 77.4 Å². The van der Waals surface area contributed by atoms with Gasteiger partial charge in [-0.1, -0.05) is 0 Å². The normalized spacial score (nSPS) is 22.4. The van der Waals surface area contributed by atoms with Crippen molar-refractivity contribution >= 4 is 27.8 Å². The fraction of sp³-hybridized carbons (Fsp3) is 0.650. The maximum Gasteiger partial charge on any atom is 0.332 e. The van der Waals surface area contributed by atoms with Crippen molar-refractivity contribution in [2.75, 3.05) is 0 Å². The third-order valence-corrected chi connectivity index (χ3v) is 6.95. The summed E-state index contributed by atoms with van der Waals surface area (Å²) in [4.78, 5) is 27.6. The molecule has 9 heteroatoms. The van der Waals surface area contributed by atoms with E-state index in [0.29, 0.717) is 10.2 Å². The molecule has 2 saturated carbocycles. The summed E-state index contributed by atoms with van der Waals surface area (Å²) < 4.78 is 29.9. The molecule has 2 aliphatic carbocycles. The van der Waals surface area contributed by atoms with Crippen LogP contribution in [-0.4, -0.2) is 26.8 Å². The molecule has 2 aromatic heterocycles. The second-order valence-corrected chi connectivity index (χ2v) is 10.6. The highest BCUT2D eigenvalue weighted by Crippen LogP contribution is 2.50. The molecule has 0 saturated heterocycles. The standard InChI is InChI=1S/C20H26F2N4O2S/c1-11-13(9-23-24-18(2,3)4)29-16-14(11)15(27)26(19(5)6-7-19)17(28)25(16)10-12-8-20(12,21)22/h9,12,24H,6-8,10H2,1-5H3. The van der Waals surface area contributed by atoms with Gasteiger partial charge in [0.2, 0.25) is 0 Å². The molecule has 0 bridgehead atoms. The van der Waals surface area contributed by atoms with Crippen LogP contribution in [0.5, 0.6) is 0 Å². The first-order valence-electron chi connectivity index (χ1n) is 9.82. The Labute approximate surface area is 171 Å². The Kier molecular flexibility index (Phi) is 4.35. The number of hydrogen-bond acceptors (Lipinski definition) is 5. The molecule has 2 fully saturated rings. The van der Waals surface area contributed by atoms with Gasteiger partial charge in [0.05, 0.1) is 22.0 Å². The number of aryl methyl sites for hydroxylation is 1. The van der Waals surface area contributed by atoms with E-state index in [4.69, 9.17) is 0 Å². The molecule has 2 aromatic rings. The van der Waals surface area contributed by atoms with E-state index in [2.05, 4.69) is 10.5 Å². The van der Waals surface area contributed by atoms with E-state index < -0.39 is 23.1 Å². The Hall–Kier alpha value is -2.03. The molecule has 158 valence electrons. The van der Waals surface area contributed by atoms with Gasteiger partial charge in [-0.25, -0.2) is 13.6 Å². The molecular formula is C20H26F2N4O2S. The third-order valence-electron chi connectivity index (χ3n) is 5.70. The molecule has 2 aliphatic rings. The zero-order valence-corrected chi connectivity index (χ0v) is 18.1. The van der Waals surface area contributed by atoms with Crippen LogP contribution >= 0.6 is 11.3 Å². The predicted octanol–water partition coefficient (Wildman–Crippen LogP) is 3.42. The van der Waals surface area contributed by atoms with Gasteiger partial charge in [0.25, 0.3) is 11.5 Å². The summed E-state index contributed by atoms with van der Waals surface area (Å²) in [5, 5.41) is 4.68. The van der Waals surface area contributed by atoms with Crippen molar-refractivity contribution in [2.24, 2.45) is 11.0 Å². The average molecular weight is 425 g/mol. The van der Waals surface area contributed by atoms with E-state index in [0.717, 1.165) is 23.3 Å². The highest BCUT2D eigenvalue weighted by molar-refractivity contribution is 7.20. The van der Waals surface area contributed by atoms with Gasteiger partial charge in [-0.3, -0.25) is 13.9 Å². The van der Waals surface area contributed by atoms with Crippen molar-refractivity contribution in [3.63, 3.8) is 0 Å². The van der Waals surface area contributed by atoms with E-state index in [1.807, 2.05) is 34.6 Å². The minimum absolute atomic E-state index is 0.0739. The third kappa shape index (κ3) is 3.53. The number of aromatic nitrogens is 2. The highest BCUT2D eigenvalue weighted by Gasteiger charge is 2.57. The number of nitrogens with one attached hydrogen (secondary N) is 1. The molecule has 0 spiro atoms.